The minimum Gasteiger partial charge on any atom is -0.494 e. The molecule has 1 saturated heterocycles. The summed E-state index contributed by atoms with van der Waals surface area (Å²) in [6.07, 6.45) is 2.37. The Labute approximate surface area is 479 Å². The molecule has 0 radical (unpaired) electrons. The van der Waals surface area contributed by atoms with Crippen LogP contribution >= 0.6 is 11.3 Å². The summed E-state index contributed by atoms with van der Waals surface area (Å²) in [5.41, 5.74) is 3.82. The van der Waals surface area contributed by atoms with Gasteiger partial charge in [-0.25, -0.2) is 4.98 Å². The highest BCUT2D eigenvalue weighted by Gasteiger charge is 2.44. The summed E-state index contributed by atoms with van der Waals surface area (Å²) >= 11 is 1.67. The molecule has 3 aromatic heterocycles. The lowest BCUT2D eigenvalue weighted by Crippen LogP contribution is -2.58. The van der Waals surface area contributed by atoms with Crippen molar-refractivity contribution >= 4 is 64.0 Å². The Kier molecular flexibility index (Phi) is 23.2. The van der Waals surface area contributed by atoms with E-state index in [0.717, 1.165) is 24.0 Å². The highest BCUT2D eigenvalue weighted by Crippen LogP contribution is 2.38. The molecule has 0 unspecified atom stereocenters. The molecule has 7 N–H and O–H groups in total. The van der Waals surface area contributed by atoms with Crippen molar-refractivity contribution in [1.82, 2.24) is 51.1 Å². The van der Waals surface area contributed by atoms with E-state index >= 15 is 0 Å². The van der Waals surface area contributed by atoms with Crippen LogP contribution < -0.4 is 36.6 Å². The average molecular weight is 1160 g/mol. The molecule has 7 rings (SSSR count). The number of aryl methyl sites for hydroxylation is 1. The van der Waals surface area contributed by atoms with Crippen LogP contribution in [0.25, 0.3) is 21.8 Å². The number of hydrogen-bond donors (Lipinski definition) is 7. The molecule has 26 heteroatoms. The third kappa shape index (κ3) is 18.3. The molecule has 6 amide bonds. The van der Waals surface area contributed by atoms with E-state index in [4.69, 9.17) is 28.4 Å². The van der Waals surface area contributed by atoms with Gasteiger partial charge >= 0.3 is 0 Å². The van der Waals surface area contributed by atoms with E-state index in [1.165, 1.54) is 41.9 Å². The van der Waals surface area contributed by atoms with Crippen LogP contribution in [-0.4, -0.2) is 182 Å². The molecule has 0 spiro atoms. The number of hydrogen-bond acceptors (Lipinski definition) is 19. The highest BCUT2D eigenvalue weighted by molar-refractivity contribution is 7.13. The molecule has 82 heavy (non-hydrogen) atoms. The fourth-order valence-electron chi connectivity index (χ4n) is 8.65. The largest absolute Gasteiger partial charge is 0.494 e. The summed E-state index contributed by atoms with van der Waals surface area (Å²) in [6, 6.07) is 15.0. The van der Waals surface area contributed by atoms with Gasteiger partial charge in [-0.15, -0.1) is 21.5 Å². The number of likely N-dealkylation sites (tertiary alicyclic amines) is 1. The first kappa shape index (κ1) is 62.1. The van der Waals surface area contributed by atoms with Crippen LogP contribution in [0, 0.1) is 18.3 Å². The summed E-state index contributed by atoms with van der Waals surface area (Å²) in [7, 11) is 2.97. The lowest BCUT2D eigenvalue weighted by molar-refractivity contribution is -0.144. The molecule has 1 aliphatic heterocycles. The topological polar surface area (TPSA) is 310 Å². The second-order valence-electron chi connectivity index (χ2n) is 20.6. The van der Waals surface area contributed by atoms with Crippen LogP contribution in [0.15, 0.2) is 66.3 Å². The number of carbonyl (C=O) groups is 6. The molecule has 2 aliphatic rings. The Balaban J connectivity index is 0.704. The maximum absolute atomic E-state index is 13.9. The first-order chi connectivity index (χ1) is 39.5. The van der Waals surface area contributed by atoms with Crippen LogP contribution in [0.5, 0.6) is 5.75 Å². The van der Waals surface area contributed by atoms with Gasteiger partial charge in [0.1, 0.15) is 31.6 Å². The lowest BCUT2D eigenvalue weighted by atomic mass is 9.85. The van der Waals surface area contributed by atoms with Gasteiger partial charge in [-0.3, -0.25) is 33.4 Å². The maximum Gasteiger partial charge on any atom is 0.273 e. The number of rotatable bonds is 32. The van der Waals surface area contributed by atoms with E-state index in [-0.39, 0.29) is 107 Å². The molecular formula is C56H74N12O13S. The number of nitrogens with one attached hydrogen (secondary N) is 6. The molecule has 3 atom stereocenters. The number of methoxy groups -OCH3 is 1. The molecule has 5 aromatic rings. The SMILES string of the molecule is CNC(=O)c1nnc(NC(=O)C2CC2)cc1Nc1cccc(-c2ncn(CCNC(=O)COCCOCCOCCOCCOCC(=O)N[C@H](C(=O)N3C[C@H](O)C[C@H]3C(=O)NCc3ccc(-c4sccc4C)cc3)C(C)(C)C)n2)c1OC. The molecule has 2 fully saturated rings. The molecular weight excluding hydrogens is 1080 g/mol. The number of thiophene rings is 1. The molecule has 2 aromatic carbocycles. The number of para-hydroxylation sites is 1. The Hall–Kier alpha value is -7.46. The molecule has 0 bridgehead atoms. The predicted octanol–water partition coefficient (Wildman–Crippen LogP) is 3.24. The van der Waals surface area contributed by atoms with E-state index in [9.17, 15) is 33.9 Å². The van der Waals surface area contributed by atoms with Crippen LogP contribution in [0.2, 0.25) is 0 Å². The van der Waals surface area contributed by atoms with Crippen LogP contribution in [0.1, 0.15) is 61.6 Å². The first-order valence-electron chi connectivity index (χ1n) is 27.1. The van der Waals surface area contributed by atoms with Gasteiger partial charge in [0, 0.05) is 50.0 Å². The van der Waals surface area contributed by atoms with E-state index in [2.05, 4.69) is 70.6 Å². The van der Waals surface area contributed by atoms with E-state index in [1.54, 1.807) is 34.2 Å². The maximum atomic E-state index is 13.9. The number of ether oxygens (including phenoxy) is 6. The number of benzene rings is 2. The molecule has 1 saturated carbocycles. The van der Waals surface area contributed by atoms with Crippen molar-refractivity contribution in [3.8, 4) is 27.6 Å². The second kappa shape index (κ2) is 30.6. The van der Waals surface area contributed by atoms with E-state index in [0.29, 0.717) is 54.9 Å². The van der Waals surface area contributed by atoms with Crippen LogP contribution in [0.3, 0.4) is 0 Å². The first-order valence-corrected chi connectivity index (χ1v) is 28.0. The summed E-state index contributed by atoms with van der Waals surface area (Å²) < 4.78 is 34.9. The normalized spacial score (nSPS) is 15.4. The van der Waals surface area contributed by atoms with Crippen LogP contribution in [0.4, 0.5) is 17.2 Å². The Morgan fingerprint density at radius 1 is 0.817 bits per heavy atom. The van der Waals surface area contributed by atoms with Gasteiger partial charge in [0.25, 0.3) is 5.91 Å². The zero-order valence-electron chi connectivity index (χ0n) is 47.1. The number of carbonyl (C=O) groups excluding carboxylic acids is 6. The summed E-state index contributed by atoms with van der Waals surface area (Å²) in [4.78, 5) is 84.8. The molecule has 25 nitrogen and oxygen atoms in total. The van der Waals surface area contributed by atoms with E-state index in [1.807, 2.05) is 45.0 Å². The van der Waals surface area contributed by atoms with Crippen molar-refractivity contribution in [3.05, 3.63) is 83.1 Å². The smallest absolute Gasteiger partial charge is 0.273 e. The number of aromatic nitrogens is 5. The Morgan fingerprint density at radius 3 is 2.11 bits per heavy atom. The van der Waals surface area contributed by atoms with Crippen molar-refractivity contribution < 1.29 is 62.3 Å². The zero-order chi connectivity index (χ0) is 58.6. The Morgan fingerprint density at radius 2 is 1.49 bits per heavy atom. The Bertz CT molecular complexity index is 2950. The number of aliphatic hydroxyl groups excluding tert-OH is 1. The minimum absolute atomic E-state index is 0.0123. The molecule has 4 heterocycles. The van der Waals surface area contributed by atoms with Crippen molar-refractivity contribution in [3.63, 3.8) is 0 Å². The zero-order valence-corrected chi connectivity index (χ0v) is 47.9. The fourth-order valence-corrected chi connectivity index (χ4v) is 9.59. The summed E-state index contributed by atoms with van der Waals surface area (Å²) in [5.74, 6) is -1.40. The lowest BCUT2D eigenvalue weighted by Gasteiger charge is -2.35. The minimum atomic E-state index is -0.984. The van der Waals surface area contributed by atoms with Gasteiger partial charge in [-0.1, -0.05) is 51.1 Å². The molecule has 1 aliphatic carbocycles. The van der Waals surface area contributed by atoms with Crippen LogP contribution in [-0.2, 0) is 60.7 Å². The highest BCUT2D eigenvalue weighted by atomic mass is 32.1. The quantitative estimate of drug-likeness (QED) is 0.0304. The van der Waals surface area contributed by atoms with Gasteiger partial charge in [0.2, 0.25) is 29.5 Å². The summed E-state index contributed by atoms with van der Waals surface area (Å²) in [5, 5.41) is 42.2. The molecule has 442 valence electrons. The number of amides is 6. The fraction of sp³-hybridized carbons (Fsp3) is 0.500. The number of anilines is 3. The summed E-state index contributed by atoms with van der Waals surface area (Å²) in [6.45, 7) is 9.83. The van der Waals surface area contributed by atoms with Gasteiger partial charge < -0.3 is 70.3 Å². The monoisotopic (exact) mass is 1150 g/mol. The third-order valence-corrected chi connectivity index (χ3v) is 14.2. The van der Waals surface area contributed by atoms with Gasteiger partial charge in [-0.05, 0) is 65.4 Å². The van der Waals surface area contributed by atoms with Gasteiger partial charge in [0.15, 0.2) is 23.1 Å². The van der Waals surface area contributed by atoms with Gasteiger partial charge in [0.05, 0.1) is 89.6 Å². The van der Waals surface area contributed by atoms with Crippen molar-refractivity contribution in [1.29, 1.82) is 0 Å². The van der Waals surface area contributed by atoms with Crippen molar-refractivity contribution in [2.45, 2.75) is 78.2 Å². The predicted molar refractivity (Wildman–Crippen MR) is 303 cm³/mol. The number of nitrogens with zero attached hydrogens (tertiary/aromatic N) is 6. The number of β-amino-alcohol motifs (C(OH)–C–C–N with tert-alkyl or cyclic N) is 1. The third-order valence-electron chi connectivity index (χ3n) is 13.1. The van der Waals surface area contributed by atoms with Crippen molar-refractivity contribution in [2.75, 3.05) is 104 Å². The average Bonchev–Trinajstić information content (AvgIpc) is 4.02. The van der Waals surface area contributed by atoms with Gasteiger partial charge in [-0.2, -0.15) is 5.10 Å². The van der Waals surface area contributed by atoms with E-state index < -0.39 is 41.3 Å². The number of aliphatic hydroxyl groups is 1. The standard InChI is InChI=1S/C56H74N12O13S/c1-35-16-27-82-49(35)37-12-10-36(11-13-37)30-59-53(73)43-28-39(69)31-68(43)55(75)50(56(2,3)4)63-46(71)33-81-26-24-79-22-20-77-19-21-78-23-25-80-32-45(70)58-17-18-67-34-60-51(66-67)40-8-7-9-41(48(40)76-6)61-42-29-44(62-52(72)38-14-15-38)64-65-47(42)54(74)57-5/h7-13,16,27,29,34,38-39,43,50,69H,14-15,17-26,28,30-33H2,1-6H3,(H,57,74)(H,58,70)(H,59,73)(H,63,71)(H2,61,62,64,72)/t39-,43+,50-/m1/s1. The van der Waals surface area contributed by atoms with Crippen molar-refractivity contribution in [2.24, 2.45) is 11.3 Å². The second-order valence-corrected chi connectivity index (χ2v) is 21.5.